The first-order valence-electron chi connectivity index (χ1n) is 5.84. The van der Waals surface area contributed by atoms with Gasteiger partial charge in [-0.1, -0.05) is 12.1 Å². The van der Waals surface area contributed by atoms with Crippen LogP contribution >= 0.6 is 15.9 Å². The summed E-state index contributed by atoms with van der Waals surface area (Å²) in [4.78, 5) is 15.2. The molecule has 5 heteroatoms. The van der Waals surface area contributed by atoms with E-state index in [9.17, 15) is 13.6 Å². The number of aromatic amines is 1. The van der Waals surface area contributed by atoms with Gasteiger partial charge < -0.3 is 4.98 Å². The Bertz CT molecular complexity index is 826. The van der Waals surface area contributed by atoms with E-state index in [0.717, 1.165) is 0 Å². The van der Waals surface area contributed by atoms with Crippen LogP contribution in [0.1, 0.15) is 15.9 Å². The molecule has 0 saturated heterocycles. The Kier molecular flexibility index (Phi) is 3.14. The van der Waals surface area contributed by atoms with E-state index in [1.165, 1.54) is 24.4 Å². The van der Waals surface area contributed by atoms with Gasteiger partial charge in [-0.3, -0.25) is 4.79 Å². The fraction of sp³-hybridized carbons (Fsp3) is 0. The number of H-pyrrole nitrogens is 1. The van der Waals surface area contributed by atoms with Crippen molar-refractivity contribution in [3.05, 3.63) is 69.8 Å². The molecular formula is C15H8BrF2NO. The highest BCUT2D eigenvalue weighted by molar-refractivity contribution is 9.10. The molecule has 1 N–H and O–H groups in total. The summed E-state index contributed by atoms with van der Waals surface area (Å²) in [6.45, 7) is 0. The number of aromatic nitrogens is 1. The Morgan fingerprint density at radius 1 is 1.05 bits per heavy atom. The molecule has 20 heavy (non-hydrogen) atoms. The molecule has 0 aliphatic carbocycles. The second-order valence-corrected chi connectivity index (χ2v) is 5.15. The molecule has 0 bridgehead atoms. The first kappa shape index (κ1) is 13.0. The molecule has 0 saturated carbocycles. The van der Waals surface area contributed by atoms with E-state index in [1.54, 1.807) is 18.2 Å². The van der Waals surface area contributed by atoms with E-state index < -0.39 is 17.4 Å². The maximum Gasteiger partial charge on any atom is 0.198 e. The molecule has 100 valence electrons. The summed E-state index contributed by atoms with van der Waals surface area (Å²) in [5.41, 5.74) is 0.530. The number of carbonyl (C=O) groups excluding carboxylic acids is 1. The highest BCUT2D eigenvalue weighted by atomic mass is 79.9. The molecule has 0 radical (unpaired) electrons. The summed E-state index contributed by atoms with van der Waals surface area (Å²) in [5.74, 6) is -1.72. The normalized spacial score (nSPS) is 10.9. The summed E-state index contributed by atoms with van der Waals surface area (Å²) < 4.78 is 28.0. The predicted octanol–water partition coefficient (Wildman–Crippen LogP) is 4.44. The molecular weight excluding hydrogens is 328 g/mol. The molecule has 0 unspecified atom stereocenters. The minimum atomic E-state index is -0.650. The van der Waals surface area contributed by atoms with Crippen molar-refractivity contribution in [1.82, 2.24) is 4.98 Å². The van der Waals surface area contributed by atoms with Crippen LogP contribution in [-0.4, -0.2) is 10.8 Å². The van der Waals surface area contributed by atoms with Crippen molar-refractivity contribution in [3.8, 4) is 0 Å². The summed E-state index contributed by atoms with van der Waals surface area (Å²) in [7, 11) is 0. The maximum absolute atomic E-state index is 14.0. The Labute approximate surface area is 121 Å². The maximum atomic E-state index is 14.0. The Balaban J connectivity index is 2.21. The fourth-order valence-corrected chi connectivity index (χ4v) is 2.51. The van der Waals surface area contributed by atoms with Crippen LogP contribution in [0.25, 0.3) is 10.9 Å². The van der Waals surface area contributed by atoms with Crippen molar-refractivity contribution in [2.45, 2.75) is 0 Å². The first-order valence-corrected chi connectivity index (χ1v) is 6.63. The lowest BCUT2D eigenvalue weighted by molar-refractivity contribution is 0.103. The van der Waals surface area contributed by atoms with Gasteiger partial charge in [0.15, 0.2) is 5.78 Å². The molecule has 1 aromatic heterocycles. The number of nitrogens with one attached hydrogen (secondary N) is 1. The second-order valence-electron chi connectivity index (χ2n) is 4.30. The number of hydrogen-bond donors (Lipinski definition) is 1. The largest absolute Gasteiger partial charge is 0.360 e. The smallest absolute Gasteiger partial charge is 0.198 e. The second kappa shape index (κ2) is 4.83. The van der Waals surface area contributed by atoms with Crippen LogP contribution in [0.2, 0.25) is 0 Å². The van der Waals surface area contributed by atoms with E-state index in [2.05, 4.69) is 20.9 Å². The third-order valence-electron chi connectivity index (χ3n) is 3.10. The summed E-state index contributed by atoms with van der Waals surface area (Å²) in [6.07, 6.45) is 1.40. The van der Waals surface area contributed by atoms with Crippen molar-refractivity contribution in [1.29, 1.82) is 0 Å². The fourth-order valence-electron chi connectivity index (χ4n) is 2.14. The summed E-state index contributed by atoms with van der Waals surface area (Å²) in [5, 5.41) is 0.178. The minimum Gasteiger partial charge on any atom is -0.360 e. The van der Waals surface area contributed by atoms with Crippen LogP contribution in [0, 0.1) is 11.6 Å². The van der Waals surface area contributed by atoms with Gasteiger partial charge in [0.05, 0.1) is 15.6 Å². The molecule has 3 rings (SSSR count). The topological polar surface area (TPSA) is 32.9 Å². The van der Waals surface area contributed by atoms with Gasteiger partial charge in [0.1, 0.15) is 11.6 Å². The molecule has 0 spiro atoms. The molecule has 0 atom stereocenters. The molecule has 2 aromatic carbocycles. The molecule has 0 aliphatic rings. The Hall–Kier alpha value is -2.01. The number of fused-ring (bicyclic) bond motifs is 1. The zero-order valence-corrected chi connectivity index (χ0v) is 11.7. The van der Waals surface area contributed by atoms with Crippen molar-refractivity contribution in [2.24, 2.45) is 0 Å². The van der Waals surface area contributed by atoms with Crippen molar-refractivity contribution >= 4 is 32.6 Å². The van der Waals surface area contributed by atoms with Gasteiger partial charge in [-0.15, -0.1) is 0 Å². The number of hydrogen-bond acceptors (Lipinski definition) is 1. The molecule has 2 nitrogen and oxygen atoms in total. The SMILES string of the molecule is O=C(c1cccc(Br)c1F)c1c[nH]c2cccc(F)c12. The Morgan fingerprint density at radius 2 is 1.80 bits per heavy atom. The van der Waals surface area contributed by atoms with Gasteiger partial charge in [-0.05, 0) is 40.2 Å². The van der Waals surface area contributed by atoms with Crippen LogP contribution in [0.3, 0.4) is 0 Å². The molecule has 3 aromatic rings. The number of carbonyl (C=O) groups is 1. The molecule has 0 amide bonds. The lowest BCUT2D eigenvalue weighted by Crippen LogP contribution is -2.04. The zero-order valence-electron chi connectivity index (χ0n) is 10.1. The van der Waals surface area contributed by atoms with Crippen molar-refractivity contribution < 1.29 is 13.6 Å². The lowest BCUT2D eigenvalue weighted by Gasteiger charge is -2.03. The van der Waals surface area contributed by atoms with Crippen LogP contribution < -0.4 is 0 Å². The van der Waals surface area contributed by atoms with Gasteiger partial charge in [0.25, 0.3) is 0 Å². The molecule has 0 fully saturated rings. The van der Waals surface area contributed by atoms with E-state index in [1.807, 2.05) is 0 Å². The highest BCUT2D eigenvalue weighted by Crippen LogP contribution is 2.26. The number of benzene rings is 2. The quantitative estimate of drug-likeness (QED) is 0.690. The predicted molar refractivity (Wildman–Crippen MR) is 75.8 cm³/mol. The van der Waals surface area contributed by atoms with Crippen LogP contribution in [0.5, 0.6) is 0 Å². The van der Waals surface area contributed by atoms with E-state index in [-0.39, 0.29) is 21.0 Å². The van der Waals surface area contributed by atoms with E-state index >= 15 is 0 Å². The average Bonchev–Trinajstić information content (AvgIpc) is 2.86. The van der Waals surface area contributed by atoms with Gasteiger partial charge in [-0.25, -0.2) is 8.78 Å². The van der Waals surface area contributed by atoms with Crippen LogP contribution in [-0.2, 0) is 0 Å². The lowest BCUT2D eigenvalue weighted by atomic mass is 10.0. The van der Waals surface area contributed by atoms with Gasteiger partial charge in [-0.2, -0.15) is 0 Å². The average molecular weight is 336 g/mol. The van der Waals surface area contributed by atoms with Gasteiger partial charge >= 0.3 is 0 Å². The monoisotopic (exact) mass is 335 g/mol. The van der Waals surface area contributed by atoms with Gasteiger partial charge in [0.2, 0.25) is 0 Å². The minimum absolute atomic E-state index is 0.0940. The third kappa shape index (κ3) is 1.94. The van der Waals surface area contributed by atoms with Crippen LogP contribution in [0.4, 0.5) is 8.78 Å². The number of halogens is 3. The third-order valence-corrected chi connectivity index (χ3v) is 3.71. The Morgan fingerprint density at radius 3 is 2.60 bits per heavy atom. The highest BCUT2D eigenvalue weighted by Gasteiger charge is 2.20. The first-order chi connectivity index (χ1) is 9.59. The van der Waals surface area contributed by atoms with E-state index in [4.69, 9.17) is 0 Å². The van der Waals surface area contributed by atoms with E-state index in [0.29, 0.717) is 5.52 Å². The van der Waals surface area contributed by atoms with Crippen molar-refractivity contribution in [2.75, 3.05) is 0 Å². The number of rotatable bonds is 2. The standard InChI is InChI=1S/C15H8BrF2NO/c16-10-4-1-3-8(14(10)18)15(20)9-7-19-12-6-2-5-11(17)13(9)12/h1-7,19H. The summed E-state index contributed by atoms with van der Waals surface area (Å²) in [6, 6.07) is 8.91. The van der Waals surface area contributed by atoms with Crippen molar-refractivity contribution in [3.63, 3.8) is 0 Å². The van der Waals surface area contributed by atoms with Gasteiger partial charge in [0, 0.05) is 17.1 Å². The zero-order chi connectivity index (χ0) is 14.3. The molecule has 1 heterocycles. The van der Waals surface area contributed by atoms with Crippen LogP contribution in [0.15, 0.2) is 47.1 Å². The molecule has 0 aliphatic heterocycles. The summed E-state index contributed by atoms with van der Waals surface area (Å²) >= 11 is 3.03. The number of ketones is 1.